The van der Waals surface area contributed by atoms with Crippen LogP contribution >= 0.6 is 11.8 Å². The van der Waals surface area contributed by atoms with Gasteiger partial charge in [-0.25, -0.2) is 4.39 Å². The Bertz CT molecular complexity index is 727. The maximum atomic E-state index is 14.3. The Kier molecular flexibility index (Phi) is 5.97. The molecule has 25 heavy (non-hydrogen) atoms. The van der Waals surface area contributed by atoms with Gasteiger partial charge in [0.15, 0.2) is 0 Å². The summed E-state index contributed by atoms with van der Waals surface area (Å²) in [7, 11) is 0. The van der Waals surface area contributed by atoms with E-state index in [-0.39, 0.29) is 11.7 Å². The van der Waals surface area contributed by atoms with Crippen LogP contribution in [0.4, 0.5) is 15.8 Å². The van der Waals surface area contributed by atoms with Gasteiger partial charge in [-0.1, -0.05) is 19.1 Å². The van der Waals surface area contributed by atoms with Gasteiger partial charge in [-0.05, 0) is 54.5 Å². The van der Waals surface area contributed by atoms with E-state index < -0.39 is 0 Å². The largest absolute Gasteiger partial charge is 0.369 e. The summed E-state index contributed by atoms with van der Waals surface area (Å²) in [5.41, 5.74) is 2.88. The van der Waals surface area contributed by atoms with Gasteiger partial charge in [0.25, 0.3) is 5.91 Å². The summed E-state index contributed by atoms with van der Waals surface area (Å²) in [6.45, 7) is 3.91. The van der Waals surface area contributed by atoms with Crippen molar-refractivity contribution in [3.8, 4) is 0 Å². The normalized spacial score (nSPS) is 13.9. The molecule has 3 rings (SSSR count). The number of benzene rings is 2. The standard InChI is InChI=1S/C20H23FN2OS/c1-2-25-14-15-5-7-16(8-6-15)20(24)22-17-9-10-19(18(21)13-17)23-11-3-4-12-23/h5-10,13H,2-4,11-12,14H2,1H3,(H,22,24). The Morgan fingerprint density at radius 2 is 1.88 bits per heavy atom. The Hall–Kier alpha value is -2.01. The second-order valence-corrected chi connectivity index (χ2v) is 7.42. The molecule has 1 aliphatic rings. The van der Waals surface area contributed by atoms with Crippen molar-refractivity contribution < 1.29 is 9.18 Å². The molecule has 0 saturated carbocycles. The fraction of sp³-hybridized carbons (Fsp3) is 0.350. The molecule has 0 aromatic heterocycles. The molecule has 0 unspecified atom stereocenters. The molecule has 1 N–H and O–H groups in total. The molecular formula is C20H23FN2OS. The fourth-order valence-corrected chi connectivity index (χ4v) is 3.61. The number of carbonyl (C=O) groups is 1. The van der Waals surface area contributed by atoms with Crippen molar-refractivity contribution in [2.24, 2.45) is 0 Å². The molecule has 3 nitrogen and oxygen atoms in total. The molecule has 0 radical (unpaired) electrons. The summed E-state index contributed by atoms with van der Waals surface area (Å²) >= 11 is 1.85. The summed E-state index contributed by atoms with van der Waals surface area (Å²) < 4.78 is 14.3. The molecule has 1 heterocycles. The van der Waals surface area contributed by atoms with Crippen molar-refractivity contribution in [1.82, 2.24) is 0 Å². The average molecular weight is 358 g/mol. The first kappa shape index (κ1) is 17.8. The molecule has 1 saturated heterocycles. The van der Waals surface area contributed by atoms with E-state index in [0.717, 1.165) is 37.4 Å². The number of amides is 1. The number of hydrogen-bond donors (Lipinski definition) is 1. The van der Waals surface area contributed by atoms with Crippen LogP contribution in [0.5, 0.6) is 0 Å². The van der Waals surface area contributed by atoms with E-state index in [1.165, 1.54) is 11.6 Å². The number of halogens is 1. The van der Waals surface area contributed by atoms with Crippen LogP contribution in [0.2, 0.25) is 0 Å². The van der Waals surface area contributed by atoms with Crippen molar-refractivity contribution in [1.29, 1.82) is 0 Å². The number of anilines is 2. The first-order valence-corrected chi connectivity index (χ1v) is 9.85. The van der Waals surface area contributed by atoms with Gasteiger partial charge >= 0.3 is 0 Å². The molecule has 0 bridgehead atoms. The second kappa shape index (κ2) is 8.39. The van der Waals surface area contributed by atoms with E-state index in [2.05, 4.69) is 12.2 Å². The molecule has 5 heteroatoms. The van der Waals surface area contributed by atoms with E-state index in [4.69, 9.17) is 0 Å². The first-order chi connectivity index (χ1) is 12.2. The molecule has 1 amide bonds. The average Bonchev–Trinajstić information content (AvgIpc) is 3.15. The highest BCUT2D eigenvalue weighted by Crippen LogP contribution is 2.26. The van der Waals surface area contributed by atoms with E-state index in [1.807, 2.05) is 40.9 Å². The summed E-state index contributed by atoms with van der Waals surface area (Å²) in [6, 6.07) is 12.5. The van der Waals surface area contributed by atoms with Crippen molar-refractivity contribution in [3.05, 3.63) is 59.4 Å². The maximum absolute atomic E-state index is 14.3. The summed E-state index contributed by atoms with van der Waals surface area (Å²) in [5, 5.41) is 2.78. The quantitative estimate of drug-likeness (QED) is 0.794. The van der Waals surface area contributed by atoms with Crippen molar-refractivity contribution in [2.45, 2.75) is 25.5 Å². The molecule has 2 aromatic carbocycles. The van der Waals surface area contributed by atoms with E-state index in [1.54, 1.807) is 12.1 Å². The van der Waals surface area contributed by atoms with Gasteiger partial charge in [-0.3, -0.25) is 4.79 Å². The lowest BCUT2D eigenvalue weighted by Gasteiger charge is -2.18. The monoisotopic (exact) mass is 358 g/mol. The lowest BCUT2D eigenvalue weighted by Crippen LogP contribution is -2.19. The minimum Gasteiger partial charge on any atom is -0.369 e. The Morgan fingerprint density at radius 1 is 1.16 bits per heavy atom. The molecule has 0 spiro atoms. The maximum Gasteiger partial charge on any atom is 0.255 e. The van der Waals surface area contributed by atoms with E-state index >= 15 is 0 Å². The highest BCUT2D eigenvalue weighted by molar-refractivity contribution is 7.98. The van der Waals surface area contributed by atoms with Crippen LogP contribution in [0.25, 0.3) is 0 Å². The van der Waals surface area contributed by atoms with Gasteiger partial charge < -0.3 is 10.2 Å². The van der Waals surface area contributed by atoms with Crippen LogP contribution in [0, 0.1) is 5.82 Å². The van der Waals surface area contributed by atoms with Crippen LogP contribution in [-0.2, 0) is 5.75 Å². The predicted octanol–water partition coefficient (Wildman–Crippen LogP) is 4.93. The predicted molar refractivity (Wildman–Crippen MR) is 104 cm³/mol. The van der Waals surface area contributed by atoms with Gasteiger partial charge in [0.05, 0.1) is 5.69 Å². The molecule has 132 valence electrons. The van der Waals surface area contributed by atoms with Crippen LogP contribution < -0.4 is 10.2 Å². The van der Waals surface area contributed by atoms with Crippen molar-refractivity contribution in [3.63, 3.8) is 0 Å². The third-order valence-corrected chi connectivity index (χ3v) is 5.29. The van der Waals surface area contributed by atoms with E-state index in [0.29, 0.717) is 16.9 Å². The Labute approximate surface area is 152 Å². The van der Waals surface area contributed by atoms with Crippen LogP contribution in [-0.4, -0.2) is 24.7 Å². The number of nitrogens with one attached hydrogen (secondary N) is 1. The van der Waals surface area contributed by atoms with Crippen molar-refractivity contribution in [2.75, 3.05) is 29.1 Å². The molecule has 0 aliphatic carbocycles. The minimum atomic E-state index is -0.286. The summed E-state index contributed by atoms with van der Waals surface area (Å²) in [5.74, 6) is 1.51. The number of hydrogen-bond acceptors (Lipinski definition) is 3. The lowest BCUT2D eigenvalue weighted by atomic mass is 10.1. The lowest BCUT2D eigenvalue weighted by molar-refractivity contribution is 0.102. The van der Waals surface area contributed by atoms with Crippen molar-refractivity contribution >= 4 is 29.0 Å². The smallest absolute Gasteiger partial charge is 0.255 e. The summed E-state index contributed by atoms with van der Waals surface area (Å²) in [6.07, 6.45) is 2.20. The van der Waals surface area contributed by atoms with Gasteiger partial charge in [0.2, 0.25) is 0 Å². The second-order valence-electron chi connectivity index (χ2n) is 6.15. The molecule has 2 aromatic rings. The minimum absolute atomic E-state index is 0.219. The molecule has 0 atom stereocenters. The fourth-order valence-electron chi connectivity index (χ4n) is 2.97. The number of rotatable bonds is 6. The zero-order valence-electron chi connectivity index (χ0n) is 14.4. The first-order valence-electron chi connectivity index (χ1n) is 8.70. The zero-order chi connectivity index (χ0) is 17.6. The van der Waals surface area contributed by atoms with E-state index in [9.17, 15) is 9.18 Å². The SMILES string of the molecule is CCSCc1ccc(C(=O)Nc2ccc(N3CCCC3)c(F)c2)cc1. The highest BCUT2D eigenvalue weighted by atomic mass is 32.2. The van der Waals surface area contributed by atoms with Gasteiger partial charge in [0.1, 0.15) is 5.82 Å². The number of thioether (sulfide) groups is 1. The van der Waals surface area contributed by atoms with Gasteiger partial charge in [0, 0.05) is 30.1 Å². The molecular weight excluding hydrogens is 335 g/mol. The van der Waals surface area contributed by atoms with Gasteiger partial charge in [-0.15, -0.1) is 0 Å². The Balaban J connectivity index is 1.65. The molecule has 1 aliphatic heterocycles. The summed E-state index contributed by atoms with van der Waals surface area (Å²) in [4.78, 5) is 14.4. The molecule has 1 fully saturated rings. The number of carbonyl (C=O) groups excluding carboxylic acids is 1. The third kappa shape index (κ3) is 4.54. The Morgan fingerprint density at radius 3 is 2.52 bits per heavy atom. The number of nitrogens with zero attached hydrogens (tertiary/aromatic N) is 1. The van der Waals surface area contributed by atoms with Gasteiger partial charge in [-0.2, -0.15) is 11.8 Å². The van der Waals surface area contributed by atoms with Crippen LogP contribution in [0.1, 0.15) is 35.7 Å². The third-order valence-electron chi connectivity index (χ3n) is 4.34. The zero-order valence-corrected chi connectivity index (χ0v) is 15.2. The van der Waals surface area contributed by atoms with Crippen LogP contribution in [0.15, 0.2) is 42.5 Å². The highest BCUT2D eigenvalue weighted by Gasteiger charge is 2.16. The van der Waals surface area contributed by atoms with Crippen LogP contribution in [0.3, 0.4) is 0 Å². The topological polar surface area (TPSA) is 32.3 Å².